The minimum atomic E-state index is -0.534. The molecule has 1 amide bonds. The highest BCUT2D eigenvalue weighted by Gasteiger charge is 2.10. The Kier molecular flexibility index (Phi) is 3.99. The van der Waals surface area contributed by atoms with Crippen LogP contribution in [0.3, 0.4) is 0 Å². The summed E-state index contributed by atoms with van der Waals surface area (Å²) < 4.78 is 12.9. The highest BCUT2D eigenvalue weighted by atomic mass is 32.1. The third-order valence-electron chi connectivity index (χ3n) is 2.24. The summed E-state index contributed by atoms with van der Waals surface area (Å²) in [6.45, 7) is 2.08. The first-order valence-corrected chi connectivity index (χ1v) is 6.37. The van der Waals surface area contributed by atoms with E-state index in [1.165, 1.54) is 17.5 Å². The lowest BCUT2D eigenvalue weighted by Gasteiger charge is -2.00. The fraction of sp³-hybridized carbons (Fsp3) is 0.250. The molecule has 0 fully saturated rings. The van der Waals surface area contributed by atoms with Crippen LogP contribution in [0.15, 0.2) is 24.7 Å². The van der Waals surface area contributed by atoms with Crippen LogP contribution in [-0.4, -0.2) is 15.9 Å². The molecule has 0 unspecified atom stereocenters. The second kappa shape index (κ2) is 5.68. The Balaban J connectivity index is 2.06. The molecule has 0 radical (unpaired) electrons. The van der Waals surface area contributed by atoms with Gasteiger partial charge in [-0.1, -0.05) is 13.3 Å². The quantitative estimate of drug-likeness (QED) is 0.924. The Bertz CT molecular complexity index is 556. The number of aryl methyl sites for hydroxylation is 1. The smallest absolute Gasteiger partial charge is 0.259 e. The minimum Gasteiger partial charge on any atom is -0.298 e. The molecule has 94 valence electrons. The van der Waals surface area contributed by atoms with Crippen LogP contribution in [0.25, 0.3) is 0 Å². The van der Waals surface area contributed by atoms with Crippen molar-refractivity contribution in [2.24, 2.45) is 0 Å². The molecule has 6 heteroatoms. The largest absolute Gasteiger partial charge is 0.298 e. The van der Waals surface area contributed by atoms with Crippen molar-refractivity contribution in [3.8, 4) is 0 Å². The molecule has 2 heterocycles. The molecule has 0 aliphatic rings. The van der Waals surface area contributed by atoms with Crippen LogP contribution in [0.4, 0.5) is 9.52 Å². The predicted octanol–water partition coefficient (Wildman–Crippen LogP) is 2.88. The van der Waals surface area contributed by atoms with Crippen molar-refractivity contribution in [1.82, 2.24) is 9.97 Å². The highest BCUT2D eigenvalue weighted by molar-refractivity contribution is 7.15. The number of hydrogen-bond acceptors (Lipinski definition) is 4. The second-order valence-corrected chi connectivity index (χ2v) is 4.84. The molecular formula is C12H12FN3OS. The first-order chi connectivity index (χ1) is 8.69. The van der Waals surface area contributed by atoms with Gasteiger partial charge in [0.1, 0.15) is 5.82 Å². The van der Waals surface area contributed by atoms with Crippen molar-refractivity contribution in [1.29, 1.82) is 0 Å². The number of thiazole rings is 1. The summed E-state index contributed by atoms with van der Waals surface area (Å²) in [5.41, 5.74) is 0.183. The van der Waals surface area contributed by atoms with Crippen LogP contribution in [0.2, 0.25) is 0 Å². The standard InChI is InChI=1S/C12H12FN3OS/c1-2-3-10-7-15-12(18-10)16-11(17)8-4-9(13)6-14-5-8/h4-7H,2-3H2,1H3,(H,15,16,17). The summed E-state index contributed by atoms with van der Waals surface area (Å²) in [6, 6.07) is 1.14. The third-order valence-corrected chi connectivity index (χ3v) is 3.21. The van der Waals surface area contributed by atoms with Gasteiger partial charge >= 0.3 is 0 Å². The number of amides is 1. The van der Waals surface area contributed by atoms with E-state index in [0.717, 1.165) is 30.0 Å². The van der Waals surface area contributed by atoms with E-state index in [9.17, 15) is 9.18 Å². The van der Waals surface area contributed by atoms with E-state index in [2.05, 4.69) is 22.2 Å². The molecule has 0 aliphatic heterocycles. The Morgan fingerprint density at radius 1 is 1.44 bits per heavy atom. The molecule has 0 bridgehead atoms. The molecule has 0 aromatic carbocycles. The Morgan fingerprint density at radius 2 is 2.28 bits per heavy atom. The van der Waals surface area contributed by atoms with E-state index in [4.69, 9.17) is 0 Å². The number of nitrogens with zero attached hydrogens (tertiary/aromatic N) is 2. The normalized spacial score (nSPS) is 10.3. The van der Waals surface area contributed by atoms with Crippen molar-refractivity contribution in [3.05, 3.63) is 40.9 Å². The molecule has 0 aliphatic carbocycles. The molecule has 0 spiro atoms. The van der Waals surface area contributed by atoms with Gasteiger partial charge in [-0.2, -0.15) is 0 Å². The Labute approximate surface area is 108 Å². The number of anilines is 1. The van der Waals surface area contributed by atoms with Crippen LogP contribution in [0.5, 0.6) is 0 Å². The van der Waals surface area contributed by atoms with Gasteiger partial charge in [-0.05, 0) is 12.5 Å². The fourth-order valence-corrected chi connectivity index (χ4v) is 2.34. The van der Waals surface area contributed by atoms with Crippen LogP contribution in [0.1, 0.15) is 28.6 Å². The number of nitrogens with one attached hydrogen (secondary N) is 1. The SMILES string of the molecule is CCCc1cnc(NC(=O)c2cncc(F)c2)s1. The molecule has 1 N–H and O–H groups in total. The van der Waals surface area contributed by atoms with E-state index in [0.29, 0.717) is 5.13 Å². The van der Waals surface area contributed by atoms with Crippen molar-refractivity contribution < 1.29 is 9.18 Å². The van der Waals surface area contributed by atoms with E-state index < -0.39 is 11.7 Å². The second-order valence-electron chi connectivity index (χ2n) is 3.73. The number of carbonyl (C=O) groups excluding carboxylic acids is 1. The molecule has 2 aromatic rings. The number of pyridine rings is 1. The van der Waals surface area contributed by atoms with Gasteiger partial charge in [0, 0.05) is 17.3 Å². The number of carbonyl (C=O) groups is 1. The average Bonchev–Trinajstić information content (AvgIpc) is 2.77. The number of rotatable bonds is 4. The summed E-state index contributed by atoms with van der Waals surface area (Å²) >= 11 is 1.43. The zero-order valence-corrected chi connectivity index (χ0v) is 10.6. The molecule has 0 saturated carbocycles. The summed E-state index contributed by atoms with van der Waals surface area (Å²) in [5.74, 6) is -0.937. The Hall–Kier alpha value is -1.82. The lowest BCUT2D eigenvalue weighted by molar-refractivity contribution is 0.102. The zero-order valence-electron chi connectivity index (χ0n) is 9.81. The zero-order chi connectivity index (χ0) is 13.0. The lowest BCUT2D eigenvalue weighted by Crippen LogP contribution is -2.12. The Morgan fingerprint density at radius 3 is 3.00 bits per heavy atom. The minimum absolute atomic E-state index is 0.183. The van der Waals surface area contributed by atoms with E-state index in [-0.39, 0.29) is 5.56 Å². The van der Waals surface area contributed by atoms with Crippen molar-refractivity contribution in [2.45, 2.75) is 19.8 Å². The van der Waals surface area contributed by atoms with Gasteiger partial charge in [0.25, 0.3) is 5.91 Å². The van der Waals surface area contributed by atoms with Gasteiger partial charge < -0.3 is 0 Å². The van der Waals surface area contributed by atoms with E-state index in [1.54, 1.807) is 6.20 Å². The van der Waals surface area contributed by atoms with Crippen molar-refractivity contribution >= 4 is 22.4 Å². The van der Waals surface area contributed by atoms with E-state index >= 15 is 0 Å². The maximum absolute atomic E-state index is 12.9. The van der Waals surface area contributed by atoms with Crippen molar-refractivity contribution in [2.75, 3.05) is 5.32 Å². The van der Waals surface area contributed by atoms with E-state index in [1.807, 2.05) is 0 Å². The lowest BCUT2D eigenvalue weighted by atomic mass is 10.3. The summed E-state index contributed by atoms with van der Waals surface area (Å²) in [4.78, 5) is 20.6. The number of hydrogen-bond donors (Lipinski definition) is 1. The van der Waals surface area contributed by atoms with Crippen molar-refractivity contribution in [3.63, 3.8) is 0 Å². The average molecular weight is 265 g/mol. The van der Waals surface area contributed by atoms with Crippen LogP contribution in [0, 0.1) is 5.82 Å². The van der Waals surface area contributed by atoms with Crippen LogP contribution in [-0.2, 0) is 6.42 Å². The van der Waals surface area contributed by atoms with Crippen LogP contribution < -0.4 is 5.32 Å². The van der Waals surface area contributed by atoms with Gasteiger partial charge in [0.15, 0.2) is 5.13 Å². The molecule has 18 heavy (non-hydrogen) atoms. The monoisotopic (exact) mass is 265 g/mol. The van der Waals surface area contributed by atoms with Gasteiger partial charge in [0.2, 0.25) is 0 Å². The topological polar surface area (TPSA) is 54.9 Å². The van der Waals surface area contributed by atoms with Gasteiger partial charge in [-0.15, -0.1) is 11.3 Å². The van der Waals surface area contributed by atoms with Gasteiger partial charge in [-0.3, -0.25) is 15.1 Å². The fourth-order valence-electron chi connectivity index (χ4n) is 1.43. The number of aromatic nitrogens is 2. The molecule has 0 atom stereocenters. The predicted molar refractivity (Wildman–Crippen MR) is 68.3 cm³/mol. The highest BCUT2D eigenvalue weighted by Crippen LogP contribution is 2.20. The van der Waals surface area contributed by atoms with Gasteiger partial charge in [0.05, 0.1) is 11.8 Å². The summed E-state index contributed by atoms with van der Waals surface area (Å²) in [6.07, 6.45) is 6.09. The van der Waals surface area contributed by atoms with Gasteiger partial charge in [-0.25, -0.2) is 9.37 Å². The molecule has 4 nitrogen and oxygen atoms in total. The summed E-state index contributed by atoms with van der Waals surface area (Å²) in [5, 5.41) is 3.15. The molecular weight excluding hydrogens is 253 g/mol. The number of halogens is 1. The maximum Gasteiger partial charge on any atom is 0.259 e. The summed E-state index contributed by atoms with van der Waals surface area (Å²) in [7, 11) is 0. The van der Waals surface area contributed by atoms with Crippen LogP contribution >= 0.6 is 11.3 Å². The molecule has 0 saturated heterocycles. The third kappa shape index (κ3) is 3.10. The molecule has 2 aromatic heterocycles. The first kappa shape index (κ1) is 12.6. The maximum atomic E-state index is 12.9. The first-order valence-electron chi connectivity index (χ1n) is 5.55. The molecule has 2 rings (SSSR count).